The van der Waals surface area contributed by atoms with Crippen LogP contribution in [-0.2, 0) is 14.8 Å². The first-order valence-corrected chi connectivity index (χ1v) is 14.0. The summed E-state index contributed by atoms with van der Waals surface area (Å²) in [6, 6.07) is 8.63. The highest BCUT2D eigenvalue weighted by Gasteiger charge is 2.31. The van der Waals surface area contributed by atoms with Crippen LogP contribution < -0.4 is 23.8 Å². The molecule has 1 amide bonds. The summed E-state index contributed by atoms with van der Waals surface area (Å²) >= 11 is 8.88. The van der Waals surface area contributed by atoms with Crippen LogP contribution in [0.5, 0.6) is 17.2 Å². The number of amides is 1. The Hall–Kier alpha value is -2.74. The molecular formula is C22H25ClN4O6S3. The first kappa shape index (κ1) is 27.8. The van der Waals surface area contributed by atoms with E-state index in [4.69, 9.17) is 25.8 Å². The number of halogens is 1. The van der Waals surface area contributed by atoms with Gasteiger partial charge in [0.2, 0.25) is 11.0 Å². The molecule has 3 rings (SSSR count). The molecule has 0 saturated heterocycles. The van der Waals surface area contributed by atoms with E-state index in [2.05, 4.69) is 15.5 Å². The molecule has 194 valence electrons. The second-order valence-electron chi connectivity index (χ2n) is 7.43. The fourth-order valence-electron chi connectivity index (χ4n) is 3.06. The Morgan fingerprint density at radius 3 is 2.36 bits per heavy atom. The van der Waals surface area contributed by atoms with Crippen LogP contribution in [0, 0.1) is 0 Å². The molecule has 0 aliphatic heterocycles. The van der Waals surface area contributed by atoms with Crippen molar-refractivity contribution in [3.8, 4) is 17.2 Å². The molecule has 14 heteroatoms. The maximum atomic E-state index is 13.8. The Bertz CT molecular complexity index is 1330. The number of anilines is 2. The molecule has 1 N–H and O–H groups in total. The molecule has 1 aromatic heterocycles. The van der Waals surface area contributed by atoms with Gasteiger partial charge in [0, 0.05) is 16.3 Å². The number of sulfonamides is 1. The summed E-state index contributed by atoms with van der Waals surface area (Å²) in [5, 5.41) is 11.4. The van der Waals surface area contributed by atoms with E-state index in [0.29, 0.717) is 15.3 Å². The molecule has 0 aliphatic rings. The average Bonchev–Trinajstić information content (AvgIpc) is 3.27. The number of carbonyl (C=O) groups excluding carboxylic acids is 1. The molecule has 0 spiro atoms. The summed E-state index contributed by atoms with van der Waals surface area (Å²) < 4.78 is 45.1. The lowest BCUT2D eigenvalue weighted by molar-refractivity contribution is -0.114. The Kier molecular flexibility index (Phi) is 9.28. The number of methoxy groups -OCH3 is 3. The van der Waals surface area contributed by atoms with Gasteiger partial charge >= 0.3 is 0 Å². The summed E-state index contributed by atoms with van der Waals surface area (Å²) in [7, 11) is -0.0668. The van der Waals surface area contributed by atoms with Gasteiger partial charge in [-0.1, -0.05) is 48.5 Å². The fraction of sp³-hybridized carbons (Fsp3) is 0.318. The first-order valence-electron chi connectivity index (χ1n) is 10.5. The van der Waals surface area contributed by atoms with E-state index in [9.17, 15) is 13.2 Å². The number of hydrogen-bond acceptors (Lipinski definition) is 10. The molecule has 36 heavy (non-hydrogen) atoms. The molecular weight excluding hydrogens is 548 g/mol. The summed E-state index contributed by atoms with van der Waals surface area (Å²) in [6.07, 6.45) is 0. The number of nitrogens with zero attached hydrogens (tertiary/aromatic N) is 3. The van der Waals surface area contributed by atoms with Gasteiger partial charge in [-0.3, -0.25) is 14.4 Å². The van der Waals surface area contributed by atoms with Crippen LogP contribution in [0.4, 0.5) is 10.8 Å². The van der Waals surface area contributed by atoms with Gasteiger partial charge < -0.3 is 14.2 Å². The highest BCUT2D eigenvalue weighted by molar-refractivity contribution is 8.01. The lowest BCUT2D eigenvalue weighted by Gasteiger charge is -2.26. The molecule has 0 aliphatic carbocycles. The molecule has 0 atom stereocenters. The summed E-state index contributed by atoms with van der Waals surface area (Å²) in [5.41, 5.74) is 0.0863. The highest BCUT2D eigenvalue weighted by Crippen LogP contribution is 2.37. The zero-order valence-corrected chi connectivity index (χ0v) is 23.3. The summed E-state index contributed by atoms with van der Waals surface area (Å²) in [4.78, 5) is 12.9. The van der Waals surface area contributed by atoms with Crippen molar-refractivity contribution in [1.82, 2.24) is 10.2 Å². The molecule has 0 unspecified atom stereocenters. The van der Waals surface area contributed by atoms with Crippen molar-refractivity contribution in [3.05, 3.63) is 41.4 Å². The predicted molar refractivity (Wildman–Crippen MR) is 142 cm³/mol. The number of ether oxygens (including phenoxy) is 3. The van der Waals surface area contributed by atoms with E-state index < -0.39 is 22.5 Å². The molecule has 0 radical (unpaired) electrons. The standard InChI is InChI=1S/C22H25ClN4O6S3/c1-13(2)34-22-26-25-21(35-22)24-20(28)12-27(16-10-14(23)6-8-17(16)31-3)36(29,30)15-7-9-18(32-4)19(11-15)33-5/h6-11,13H,12H2,1-5H3,(H,24,25,28). The van der Waals surface area contributed by atoms with Crippen molar-refractivity contribution in [1.29, 1.82) is 0 Å². The maximum Gasteiger partial charge on any atom is 0.265 e. The van der Waals surface area contributed by atoms with Gasteiger partial charge in [-0.05, 0) is 30.3 Å². The first-order chi connectivity index (χ1) is 17.1. The Labute approximate surface area is 223 Å². The fourth-order valence-corrected chi connectivity index (χ4v) is 6.66. The third-order valence-corrected chi connectivity index (χ3v) is 8.55. The smallest absolute Gasteiger partial charge is 0.265 e. The molecule has 0 fully saturated rings. The van der Waals surface area contributed by atoms with E-state index in [1.807, 2.05) is 13.8 Å². The highest BCUT2D eigenvalue weighted by atomic mass is 35.5. The number of benzene rings is 2. The zero-order chi connectivity index (χ0) is 26.5. The minimum atomic E-state index is -4.30. The Balaban J connectivity index is 2.01. The number of thioether (sulfide) groups is 1. The molecule has 10 nitrogen and oxygen atoms in total. The van der Waals surface area contributed by atoms with E-state index in [0.717, 1.165) is 4.31 Å². The van der Waals surface area contributed by atoms with Gasteiger partial charge in [-0.15, -0.1) is 10.2 Å². The number of aromatic nitrogens is 2. The average molecular weight is 573 g/mol. The van der Waals surface area contributed by atoms with Crippen LogP contribution >= 0.6 is 34.7 Å². The van der Waals surface area contributed by atoms with Crippen LogP contribution in [0.2, 0.25) is 5.02 Å². The van der Waals surface area contributed by atoms with Gasteiger partial charge in [0.25, 0.3) is 10.0 Å². The molecule has 2 aromatic carbocycles. The van der Waals surface area contributed by atoms with Crippen molar-refractivity contribution < 1.29 is 27.4 Å². The van der Waals surface area contributed by atoms with Crippen molar-refractivity contribution in [3.63, 3.8) is 0 Å². The molecule has 0 bridgehead atoms. The van der Waals surface area contributed by atoms with Crippen LogP contribution in [0.25, 0.3) is 0 Å². The van der Waals surface area contributed by atoms with Crippen molar-refractivity contribution >= 4 is 61.4 Å². The third kappa shape index (κ3) is 6.52. The van der Waals surface area contributed by atoms with E-state index in [1.54, 1.807) is 6.07 Å². The van der Waals surface area contributed by atoms with E-state index in [1.165, 1.54) is 74.8 Å². The molecule has 3 aromatic rings. The van der Waals surface area contributed by atoms with Gasteiger partial charge in [-0.2, -0.15) is 0 Å². The third-order valence-electron chi connectivity index (χ3n) is 4.63. The second kappa shape index (κ2) is 12.0. The zero-order valence-electron chi connectivity index (χ0n) is 20.1. The van der Waals surface area contributed by atoms with Gasteiger partial charge in [0.05, 0.1) is 31.9 Å². The predicted octanol–water partition coefficient (Wildman–Crippen LogP) is 4.55. The quantitative estimate of drug-likeness (QED) is 0.260. The topological polar surface area (TPSA) is 120 Å². The van der Waals surface area contributed by atoms with Gasteiger partial charge in [0.15, 0.2) is 15.8 Å². The number of rotatable bonds is 11. The van der Waals surface area contributed by atoms with Crippen LogP contribution in [0.3, 0.4) is 0 Å². The number of hydrogen-bond donors (Lipinski definition) is 1. The number of carbonyl (C=O) groups is 1. The van der Waals surface area contributed by atoms with Crippen molar-refractivity contribution in [2.24, 2.45) is 0 Å². The SMILES string of the molecule is COc1ccc(S(=O)(=O)N(CC(=O)Nc2nnc(SC(C)C)s2)c2cc(Cl)ccc2OC)cc1OC. The lowest BCUT2D eigenvalue weighted by Crippen LogP contribution is -2.38. The minimum absolute atomic E-state index is 0.0863. The molecule has 1 heterocycles. The lowest BCUT2D eigenvalue weighted by atomic mass is 10.3. The Morgan fingerprint density at radius 2 is 1.72 bits per heavy atom. The van der Waals surface area contributed by atoms with E-state index >= 15 is 0 Å². The molecule has 0 saturated carbocycles. The maximum absolute atomic E-state index is 13.8. The van der Waals surface area contributed by atoms with Gasteiger partial charge in [0.1, 0.15) is 12.3 Å². The minimum Gasteiger partial charge on any atom is -0.495 e. The van der Waals surface area contributed by atoms with Crippen molar-refractivity contribution in [2.45, 2.75) is 28.3 Å². The van der Waals surface area contributed by atoms with Crippen LogP contribution in [0.15, 0.2) is 45.6 Å². The van der Waals surface area contributed by atoms with Crippen molar-refractivity contribution in [2.75, 3.05) is 37.5 Å². The van der Waals surface area contributed by atoms with Crippen LogP contribution in [0.1, 0.15) is 13.8 Å². The number of nitrogens with one attached hydrogen (secondary N) is 1. The summed E-state index contributed by atoms with van der Waals surface area (Å²) in [6.45, 7) is 3.44. The summed E-state index contributed by atoms with van der Waals surface area (Å²) in [5.74, 6) is 0.151. The Morgan fingerprint density at radius 1 is 1.06 bits per heavy atom. The van der Waals surface area contributed by atoms with Crippen LogP contribution in [-0.4, -0.2) is 57.6 Å². The monoisotopic (exact) mass is 572 g/mol. The van der Waals surface area contributed by atoms with E-state index in [-0.39, 0.29) is 32.2 Å². The normalized spacial score (nSPS) is 11.3. The van der Waals surface area contributed by atoms with Gasteiger partial charge in [-0.25, -0.2) is 8.42 Å². The second-order valence-corrected chi connectivity index (χ2v) is 12.5. The largest absolute Gasteiger partial charge is 0.495 e.